The van der Waals surface area contributed by atoms with Crippen LogP contribution in [0.1, 0.15) is 30.0 Å². The molecule has 0 radical (unpaired) electrons. The molecule has 0 atom stereocenters. The Morgan fingerprint density at radius 2 is 1.81 bits per heavy atom. The van der Waals surface area contributed by atoms with Gasteiger partial charge in [-0.1, -0.05) is 23.2 Å². The Balaban J connectivity index is 1.53. The fraction of sp³-hybridized carbons (Fsp3) is 0.261. The van der Waals surface area contributed by atoms with Crippen molar-refractivity contribution >= 4 is 51.7 Å². The van der Waals surface area contributed by atoms with E-state index < -0.39 is 0 Å². The van der Waals surface area contributed by atoms with E-state index >= 15 is 0 Å². The van der Waals surface area contributed by atoms with Crippen LogP contribution in [0.5, 0.6) is 0 Å². The van der Waals surface area contributed by atoms with Crippen LogP contribution in [-0.4, -0.2) is 40.9 Å². The molecule has 6 nitrogen and oxygen atoms in total. The number of H-pyrrole nitrogens is 1. The highest BCUT2D eigenvalue weighted by molar-refractivity contribution is 6.31. The van der Waals surface area contributed by atoms with Gasteiger partial charge in [0.25, 0.3) is 5.56 Å². The normalized spacial score (nSPS) is 15.5. The van der Waals surface area contributed by atoms with Crippen LogP contribution in [0.2, 0.25) is 10.0 Å². The van der Waals surface area contributed by atoms with E-state index in [9.17, 15) is 4.79 Å². The Kier molecular flexibility index (Phi) is 5.20. The van der Waals surface area contributed by atoms with Crippen molar-refractivity contribution in [2.45, 2.75) is 18.8 Å². The molecule has 31 heavy (non-hydrogen) atoms. The monoisotopic (exact) mass is 453 g/mol. The number of benzene rings is 2. The van der Waals surface area contributed by atoms with Crippen LogP contribution in [0.25, 0.3) is 16.6 Å². The van der Waals surface area contributed by atoms with Gasteiger partial charge in [-0.3, -0.25) is 14.9 Å². The Hall–Kier alpha value is -2.83. The van der Waals surface area contributed by atoms with Crippen molar-refractivity contribution in [1.29, 1.82) is 0 Å². The molecule has 0 amide bonds. The Morgan fingerprint density at radius 3 is 2.52 bits per heavy atom. The zero-order valence-electron chi connectivity index (χ0n) is 17.0. The van der Waals surface area contributed by atoms with Gasteiger partial charge in [0, 0.05) is 53.7 Å². The molecule has 4 aromatic rings. The van der Waals surface area contributed by atoms with E-state index in [1.165, 1.54) is 10.2 Å². The molecule has 1 fully saturated rings. The number of anilines is 1. The first-order valence-corrected chi connectivity index (χ1v) is 11.0. The summed E-state index contributed by atoms with van der Waals surface area (Å²) >= 11 is 12.1. The summed E-state index contributed by atoms with van der Waals surface area (Å²) in [5, 5.41) is 5.09. The van der Waals surface area contributed by atoms with Crippen molar-refractivity contribution in [3.05, 3.63) is 74.1 Å². The average molecular weight is 454 g/mol. The summed E-state index contributed by atoms with van der Waals surface area (Å²) in [7, 11) is 1.73. The number of halogens is 2. The van der Waals surface area contributed by atoms with Crippen LogP contribution in [0.15, 0.2) is 52.3 Å². The molecule has 0 bridgehead atoms. The van der Waals surface area contributed by atoms with Gasteiger partial charge in [-0.05, 0) is 55.3 Å². The third-order valence-corrected chi connectivity index (χ3v) is 6.43. The minimum Gasteiger partial charge on any atom is -0.371 e. The third kappa shape index (κ3) is 3.60. The van der Waals surface area contributed by atoms with Crippen molar-refractivity contribution in [3.63, 3.8) is 0 Å². The van der Waals surface area contributed by atoms with Crippen molar-refractivity contribution in [1.82, 2.24) is 14.6 Å². The number of aliphatic imine (C=N–C) groups is 1. The highest BCUT2D eigenvalue weighted by atomic mass is 35.5. The van der Waals surface area contributed by atoms with Crippen LogP contribution in [0, 0.1) is 0 Å². The number of hydrogen-bond donors (Lipinski definition) is 1. The zero-order valence-corrected chi connectivity index (χ0v) is 18.5. The van der Waals surface area contributed by atoms with Crippen LogP contribution >= 0.6 is 23.2 Å². The zero-order chi connectivity index (χ0) is 21.5. The summed E-state index contributed by atoms with van der Waals surface area (Å²) in [5.74, 6) is 0.282. The number of nitrogens with one attached hydrogen (secondary N) is 1. The predicted octanol–water partition coefficient (Wildman–Crippen LogP) is 4.92. The first-order valence-electron chi connectivity index (χ1n) is 10.2. The molecule has 1 saturated heterocycles. The fourth-order valence-electron chi connectivity index (χ4n) is 4.39. The Morgan fingerprint density at radius 1 is 1.10 bits per heavy atom. The summed E-state index contributed by atoms with van der Waals surface area (Å²) in [6, 6.07) is 13.2. The minimum atomic E-state index is -0.155. The van der Waals surface area contributed by atoms with Gasteiger partial charge in [-0.15, -0.1) is 0 Å². The number of rotatable bonds is 3. The number of nitrogens with zero attached hydrogens (tertiary/aromatic N) is 4. The van der Waals surface area contributed by atoms with Crippen molar-refractivity contribution in [3.8, 4) is 0 Å². The van der Waals surface area contributed by atoms with Gasteiger partial charge in [0.1, 0.15) is 0 Å². The van der Waals surface area contributed by atoms with Gasteiger partial charge in [-0.25, -0.2) is 9.50 Å². The molecule has 0 saturated carbocycles. The van der Waals surface area contributed by atoms with E-state index in [1.54, 1.807) is 31.5 Å². The maximum absolute atomic E-state index is 13.1. The van der Waals surface area contributed by atoms with E-state index in [4.69, 9.17) is 28.2 Å². The van der Waals surface area contributed by atoms with E-state index in [0.717, 1.165) is 42.2 Å². The SMILES string of the molecule is CN=Cc1c(C2CCN(c3ccc(Cl)cc3)CC2)[nH]n2c(=O)c3cc(Cl)ccc3nc12. The summed E-state index contributed by atoms with van der Waals surface area (Å²) in [5.41, 5.74) is 4.13. The fourth-order valence-corrected chi connectivity index (χ4v) is 4.69. The first kappa shape index (κ1) is 20.1. The standard InChI is InChI=1S/C23H21Cl2N5O/c1-26-13-19-21(14-8-10-29(11-9-14)17-5-2-15(24)3-6-17)28-30-22(19)27-20-7-4-16(25)12-18(20)23(30)31/h2-7,12-14,28H,8-11H2,1H3. The molecule has 1 aliphatic rings. The molecule has 3 heterocycles. The molecule has 0 aliphatic carbocycles. The number of hydrogen-bond acceptors (Lipinski definition) is 4. The topological polar surface area (TPSA) is 65.8 Å². The van der Waals surface area contributed by atoms with Gasteiger partial charge in [0.15, 0.2) is 5.65 Å². The van der Waals surface area contributed by atoms with Gasteiger partial charge < -0.3 is 4.90 Å². The summed E-state index contributed by atoms with van der Waals surface area (Å²) in [6.07, 6.45) is 3.71. The molecule has 8 heteroatoms. The summed E-state index contributed by atoms with van der Waals surface area (Å²) in [4.78, 5) is 24.5. The lowest BCUT2D eigenvalue weighted by Crippen LogP contribution is -2.33. The van der Waals surface area contributed by atoms with E-state index in [-0.39, 0.29) is 11.5 Å². The lowest BCUT2D eigenvalue weighted by atomic mass is 9.91. The lowest BCUT2D eigenvalue weighted by Gasteiger charge is -2.33. The second-order valence-electron chi connectivity index (χ2n) is 7.80. The maximum atomic E-state index is 13.1. The average Bonchev–Trinajstić information content (AvgIpc) is 3.14. The minimum absolute atomic E-state index is 0.155. The highest BCUT2D eigenvalue weighted by Crippen LogP contribution is 2.32. The Labute approximate surface area is 189 Å². The van der Waals surface area contributed by atoms with Gasteiger partial charge >= 0.3 is 0 Å². The number of aromatic nitrogens is 3. The molecule has 5 rings (SSSR count). The summed E-state index contributed by atoms with van der Waals surface area (Å²) < 4.78 is 1.52. The molecule has 1 aliphatic heterocycles. The maximum Gasteiger partial charge on any atom is 0.280 e. The molecule has 2 aromatic heterocycles. The quantitative estimate of drug-likeness (QED) is 0.447. The predicted molar refractivity (Wildman–Crippen MR) is 127 cm³/mol. The van der Waals surface area contributed by atoms with Crippen LogP contribution in [0.4, 0.5) is 5.69 Å². The highest BCUT2D eigenvalue weighted by Gasteiger charge is 2.26. The smallest absolute Gasteiger partial charge is 0.280 e. The molecule has 1 N–H and O–H groups in total. The molecule has 2 aromatic carbocycles. The van der Waals surface area contributed by atoms with Crippen molar-refractivity contribution in [2.24, 2.45) is 4.99 Å². The van der Waals surface area contributed by atoms with Crippen LogP contribution in [-0.2, 0) is 0 Å². The number of fused-ring (bicyclic) bond motifs is 2. The van der Waals surface area contributed by atoms with E-state index in [2.05, 4.69) is 27.1 Å². The largest absolute Gasteiger partial charge is 0.371 e. The van der Waals surface area contributed by atoms with E-state index in [0.29, 0.717) is 21.6 Å². The molecule has 0 spiro atoms. The number of piperidine rings is 1. The molecule has 158 valence electrons. The third-order valence-electron chi connectivity index (χ3n) is 5.95. The van der Waals surface area contributed by atoms with Crippen LogP contribution in [0.3, 0.4) is 0 Å². The first-order chi connectivity index (χ1) is 15.0. The van der Waals surface area contributed by atoms with Gasteiger partial charge in [-0.2, -0.15) is 0 Å². The lowest BCUT2D eigenvalue weighted by molar-refractivity contribution is 0.493. The van der Waals surface area contributed by atoms with Gasteiger partial charge in [0.2, 0.25) is 0 Å². The molecule has 0 unspecified atom stereocenters. The summed E-state index contributed by atoms with van der Waals surface area (Å²) in [6.45, 7) is 1.84. The second kappa shape index (κ2) is 8.02. The molecular weight excluding hydrogens is 433 g/mol. The Bertz CT molecular complexity index is 1350. The van der Waals surface area contributed by atoms with Gasteiger partial charge in [0.05, 0.1) is 16.5 Å². The number of aromatic amines is 1. The van der Waals surface area contributed by atoms with Crippen molar-refractivity contribution < 1.29 is 0 Å². The van der Waals surface area contributed by atoms with Crippen LogP contribution < -0.4 is 10.5 Å². The second-order valence-corrected chi connectivity index (χ2v) is 8.67. The van der Waals surface area contributed by atoms with Crippen molar-refractivity contribution in [2.75, 3.05) is 25.0 Å². The molecular formula is C23H21Cl2N5O. The van der Waals surface area contributed by atoms with E-state index in [1.807, 2.05) is 12.1 Å².